The van der Waals surface area contributed by atoms with Gasteiger partial charge in [0.2, 0.25) is 0 Å². The molecule has 0 fully saturated rings. The number of aliphatic hydroxyl groups excluding tert-OH is 1. The number of aliphatic hydroxyl groups is 1. The van der Waals surface area contributed by atoms with Crippen LogP contribution in [-0.4, -0.2) is 96.7 Å². The Labute approximate surface area is 588 Å². The summed E-state index contributed by atoms with van der Waals surface area (Å²) in [6.07, 6.45) is 54.3. The molecule has 0 saturated heterocycles. The molecule has 0 aromatic carbocycles. The molecule has 7 atom stereocenters. The normalized spacial score (nSPS) is 14.6. The molecule has 0 aliphatic rings. The van der Waals surface area contributed by atoms with Crippen molar-refractivity contribution in [3.05, 3.63) is 0 Å². The number of rotatable bonds is 75. The zero-order valence-electron chi connectivity index (χ0n) is 62.8. The summed E-state index contributed by atoms with van der Waals surface area (Å²) in [5.74, 6) is 0.152. The van der Waals surface area contributed by atoms with E-state index in [1.54, 1.807) is 0 Å². The molecule has 0 aliphatic carbocycles. The average Bonchev–Trinajstić information content (AvgIpc) is 1.04. The van der Waals surface area contributed by atoms with Crippen LogP contribution >= 0.6 is 15.6 Å². The van der Waals surface area contributed by atoms with E-state index in [0.29, 0.717) is 31.6 Å². The van der Waals surface area contributed by atoms with E-state index in [2.05, 4.69) is 48.5 Å². The summed E-state index contributed by atoms with van der Waals surface area (Å²) in [5.41, 5.74) is 0. The second-order valence-corrected chi connectivity index (χ2v) is 31.6. The number of phosphoric acid groups is 2. The number of carbonyl (C=O) groups excluding carboxylic acids is 4. The number of carbonyl (C=O) groups is 4. The van der Waals surface area contributed by atoms with Crippen LogP contribution in [0.5, 0.6) is 0 Å². The zero-order chi connectivity index (χ0) is 70.9. The molecule has 0 aliphatic heterocycles. The van der Waals surface area contributed by atoms with Gasteiger partial charge in [0.1, 0.15) is 19.3 Å². The highest BCUT2D eigenvalue weighted by molar-refractivity contribution is 7.47. The van der Waals surface area contributed by atoms with Gasteiger partial charge in [0.05, 0.1) is 26.4 Å². The van der Waals surface area contributed by atoms with Crippen molar-refractivity contribution in [2.75, 3.05) is 39.6 Å². The van der Waals surface area contributed by atoms with Gasteiger partial charge in [-0.3, -0.25) is 37.3 Å². The molecule has 4 unspecified atom stereocenters. The number of phosphoric ester groups is 2. The molecule has 0 bridgehead atoms. The highest BCUT2D eigenvalue weighted by Gasteiger charge is 2.30. The Hall–Kier alpha value is -1.94. The van der Waals surface area contributed by atoms with Crippen LogP contribution in [0.3, 0.4) is 0 Å². The van der Waals surface area contributed by atoms with Crippen molar-refractivity contribution in [3.8, 4) is 0 Å². The van der Waals surface area contributed by atoms with E-state index in [9.17, 15) is 43.2 Å². The summed E-state index contributed by atoms with van der Waals surface area (Å²) in [6, 6.07) is 0. The quantitative estimate of drug-likeness (QED) is 0.0222. The van der Waals surface area contributed by atoms with Crippen molar-refractivity contribution >= 4 is 39.5 Å². The highest BCUT2D eigenvalue weighted by atomic mass is 31.2. The largest absolute Gasteiger partial charge is 0.472 e. The Morgan fingerprint density at radius 1 is 0.302 bits per heavy atom. The minimum Gasteiger partial charge on any atom is -0.462 e. The van der Waals surface area contributed by atoms with Gasteiger partial charge in [-0.1, -0.05) is 344 Å². The van der Waals surface area contributed by atoms with Crippen LogP contribution in [0.2, 0.25) is 0 Å². The van der Waals surface area contributed by atoms with E-state index in [-0.39, 0.29) is 25.7 Å². The lowest BCUT2D eigenvalue weighted by Crippen LogP contribution is -2.30. The summed E-state index contributed by atoms with van der Waals surface area (Å²) < 4.78 is 68.5. The van der Waals surface area contributed by atoms with Crippen LogP contribution in [-0.2, 0) is 65.4 Å². The molecule has 570 valence electrons. The van der Waals surface area contributed by atoms with Crippen LogP contribution in [0.25, 0.3) is 0 Å². The molecule has 19 heteroatoms. The fourth-order valence-electron chi connectivity index (χ4n) is 11.7. The van der Waals surface area contributed by atoms with E-state index in [0.717, 1.165) is 108 Å². The summed E-state index contributed by atoms with van der Waals surface area (Å²) in [6.45, 7) is 11.9. The second-order valence-electron chi connectivity index (χ2n) is 28.7. The van der Waals surface area contributed by atoms with Crippen molar-refractivity contribution in [1.82, 2.24) is 0 Å². The lowest BCUT2D eigenvalue weighted by molar-refractivity contribution is -0.161. The molecule has 96 heavy (non-hydrogen) atoms. The highest BCUT2D eigenvalue weighted by Crippen LogP contribution is 2.45. The molecule has 0 spiro atoms. The van der Waals surface area contributed by atoms with E-state index >= 15 is 0 Å². The van der Waals surface area contributed by atoms with Crippen molar-refractivity contribution in [2.24, 2.45) is 17.8 Å². The summed E-state index contributed by atoms with van der Waals surface area (Å²) in [7, 11) is -9.91. The topological polar surface area (TPSA) is 237 Å². The number of hydrogen-bond donors (Lipinski definition) is 3. The molecular formula is C77H150O17P2. The Morgan fingerprint density at radius 2 is 0.531 bits per heavy atom. The van der Waals surface area contributed by atoms with Gasteiger partial charge in [0, 0.05) is 25.7 Å². The molecule has 17 nitrogen and oxygen atoms in total. The van der Waals surface area contributed by atoms with Gasteiger partial charge in [0.25, 0.3) is 0 Å². The lowest BCUT2D eigenvalue weighted by Gasteiger charge is -2.21. The Balaban J connectivity index is 5.22. The first-order chi connectivity index (χ1) is 46.3. The maximum Gasteiger partial charge on any atom is 0.472 e. The minimum atomic E-state index is -4.96. The fraction of sp³-hybridized carbons (Fsp3) is 0.948. The Bertz CT molecular complexity index is 1870. The van der Waals surface area contributed by atoms with Crippen molar-refractivity contribution in [3.63, 3.8) is 0 Å². The SMILES string of the molecule is CCCCCCCCCCCCCCCCCCCCC(=O)OC[C@H](COP(=O)(O)OC[C@@H](O)COP(=O)(O)OC[C@@H](COC(=O)CCCCCCCCC(C)CC)OC(=O)CCCCCCCCCC(C)C)OC(=O)CCCCCCCCCCCCCCCCC(C)CC. The minimum absolute atomic E-state index is 0.103. The van der Waals surface area contributed by atoms with E-state index in [1.165, 1.54) is 199 Å². The van der Waals surface area contributed by atoms with Gasteiger partial charge < -0.3 is 33.8 Å². The second kappa shape index (κ2) is 67.5. The third kappa shape index (κ3) is 67.9. The van der Waals surface area contributed by atoms with Gasteiger partial charge in [-0.15, -0.1) is 0 Å². The Morgan fingerprint density at radius 3 is 0.792 bits per heavy atom. The van der Waals surface area contributed by atoms with Crippen LogP contribution in [0.4, 0.5) is 0 Å². The van der Waals surface area contributed by atoms with Crippen molar-refractivity contribution in [1.29, 1.82) is 0 Å². The number of esters is 4. The maximum absolute atomic E-state index is 13.1. The molecular weight excluding hydrogens is 1260 g/mol. The van der Waals surface area contributed by atoms with Crippen LogP contribution in [0.15, 0.2) is 0 Å². The molecule has 0 saturated carbocycles. The predicted molar refractivity (Wildman–Crippen MR) is 391 cm³/mol. The predicted octanol–water partition coefficient (Wildman–Crippen LogP) is 22.6. The van der Waals surface area contributed by atoms with Gasteiger partial charge in [0.15, 0.2) is 12.2 Å². The first kappa shape index (κ1) is 94.1. The third-order valence-corrected chi connectivity index (χ3v) is 20.5. The molecule has 0 radical (unpaired) electrons. The summed E-state index contributed by atoms with van der Waals surface area (Å²) in [5, 5.41) is 10.6. The van der Waals surface area contributed by atoms with E-state index in [1.807, 2.05) is 0 Å². The van der Waals surface area contributed by atoms with Crippen molar-refractivity contribution in [2.45, 2.75) is 414 Å². The van der Waals surface area contributed by atoms with E-state index in [4.69, 9.17) is 37.0 Å². The van der Waals surface area contributed by atoms with E-state index < -0.39 is 97.5 Å². The van der Waals surface area contributed by atoms with Gasteiger partial charge in [-0.2, -0.15) is 0 Å². The molecule has 0 amide bonds. The monoisotopic (exact) mass is 1410 g/mol. The Kier molecular flexibility index (Phi) is 66.2. The van der Waals surface area contributed by atoms with Gasteiger partial charge in [-0.25, -0.2) is 9.13 Å². The van der Waals surface area contributed by atoms with Gasteiger partial charge >= 0.3 is 39.5 Å². The fourth-order valence-corrected chi connectivity index (χ4v) is 13.3. The molecule has 0 rings (SSSR count). The molecule has 0 heterocycles. The smallest absolute Gasteiger partial charge is 0.462 e. The van der Waals surface area contributed by atoms with Crippen LogP contribution in [0, 0.1) is 17.8 Å². The van der Waals surface area contributed by atoms with Crippen LogP contribution in [0.1, 0.15) is 395 Å². The first-order valence-electron chi connectivity index (χ1n) is 39.9. The van der Waals surface area contributed by atoms with Crippen molar-refractivity contribution < 1.29 is 80.2 Å². The number of unbranched alkanes of at least 4 members (excludes halogenated alkanes) is 41. The van der Waals surface area contributed by atoms with Crippen LogP contribution < -0.4 is 0 Å². The molecule has 0 aromatic heterocycles. The molecule has 0 aromatic rings. The number of ether oxygens (including phenoxy) is 4. The molecule has 3 N–H and O–H groups in total. The number of hydrogen-bond acceptors (Lipinski definition) is 15. The first-order valence-corrected chi connectivity index (χ1v) is 42.9. The van der Waals surface area contributed by atoms with Gasteiger partial charge in [-0.05, 0) is 43.4 Å². The summed E-state index contributed by atoms with van der Waals surface area (Å²) in [4.78, 5) is 72.8. The maximum atomic E-state index is 13.1. The third-order valence-electron chi connectivity index (χ3n) is 18.6. The average molecular weight is 1410 g/mol. The standard InChI is InChI=1S/C77H150O17P2/c1-8-11-12-13-14-15-16-17-18-19-20-21-25-28-31-36-44-51-58-74(79)87-64-72(93-76(81)60-53-46-37-32-29-26-23-22-24-27-30-35-42-49-56-69(6)9-2)66-91-95(83,84)89-62-71(78)63-90-96(85,86)92-67-73(94-77(82)61-54-47-38-33-34-41-48-55-68(4)5)65-88-75(80)59-52-45-40-39-43-50-57-70(7)10-3/h68-73,78H,8-67H2,1-7H3,(H,83,84)(H,85,86)/t69?,70?,71-,72-,73-/m1/s1. The zero-order valence-corrected chi connectivity index (χ0v) is 64.6. The lowest BCUT2D eigenvalue weighted by atomic mass is 9.99. The summed E-state index contributed by atoms with van der Waals surface area (Å²) >= 11 is 0.